The number of nitrogens with two attached hydrogens (primary N) is 1. The van der Waals surface area contributed by atoms with Gasteiger partial charge >= 0.3 is 0 Å². The molecule has 1 atom stereocenters. The van der Waals surface area contributed by atoms with Gasteiger partial charge < -0.3 is 10.8 Å². The molecule has 0 aromatic heterocycles. The van der Waals surface area contributed by atoms with Crippen molar-refractivity contribution in [3.05, 3.63) is 0 Å². The SMILES string of the molecule is CC(C(N)=S)N(CCO)C1CCCCC1. The number of nitrogens with zero attached hydrogens (tertiary/aromatic N) is 1. The average molecular weight is 230 g/mol. The van der Waals surface area contributed by atoms with Gasteiger partial charge in [-0.05, 0) is 19.8 Å². The molecule has 88 valence electrons. The molecule has 1 aliphatic carbocycles. The number of rotatable bonds is 5. The van der Waals surface area contributed by atoms with E-state index < -0.39 is 0 Å². The van der Waals surface area contributed by atoms with Crippen LogP contribution >= 0.6 is 12.2 Å². The maximum atomic E-state index is 9.07. The minimum Gasteiger partial charge on any atom is -0.395 e. The number of thiocarbonyl (C=S) groups is 1. The first kappa shape index (κ1) is 12.9. The van der Waals surface area contributed by atoms with Crippen LogP contribution in [0.5, 0.6) is 0 Å². The van der Waals surface area contributed by atoms with Crippen molar-refractivity contribution in [2.45, 2.75) is 51.1 Å². The highest BCUT2D eigenvalue weighted by Crippen LogP contribution is 2.23. The Bertz CT molecular complexity index is 205. The molecule has 0 aromatic carbocycles. The van der Waals surface area contributed by atoms with E-state index in [2.05, 4.69) is 4.90 Å². The van der Waals surface area contributed by atoms with Gasteiger partial charge in [-0.1, -0.05) is 31.5 Å². The standard InChI is InChI=1S/C11H22N2OS/c1-9(11(12)15)13(7-8-14)10-5-3-2-4-6-10/h9-10,14H,2-8H2,1H3,(H2,12,15). The molecule has 15 heavy (non-hydrogen) atoms. The van der Waals surface area contributed by atoms with Crippen LogP contribution in [0.4, 0.5) is 0 Å². The van der Waals surface area contributed by atoms with E-state index in [9.17, 15) is 0 Å². The molecule has 0 amide bonds. The molecule has 0 radical (unpaired) electrons. The first-order chi connectivity index (χ1) is 7.16. The van der Waals surface area contributed by atoms with Crippen LogP contribution in [-0.4, -0.2) is 40.2 Å². The zero-order chi connectivity index (χ0) is 11.3. The van der Waals surface area contributed by atoms with Crippen LogP contribution in [0.2, 0.25) is 0 Å². The molecule has 1 aliphatic rings. The van der Waals surface area contributed by atoms with Crippen molar-refractivity contribution < 1.29 is 5.11 Å². The Morgan fingerprint density at radius 1 is 1.47 bits per heavy atom. The summed E-state index contributed by atoms with van der Waals surface area (Å²) in [5, 5.41) is 9.07. The molecule has 0 aliphatic heterocycles. The first-order valence-corrected chi connectivity index (χ1v) is 6.23. The van der Waals surface area contributed by atoms with E-state index in [4.69, 9.17) is 23.1 Å². The Hall–Kier alpha value is -0.190. The third-order valence-corrected chi connectivity index (χ3v) is 3.65. The van der Waals surface area contributed by atoms with Gasteiger partial charge in [0.05, 0.1) is 17.6 Å². The fourth-order valence-electron chi connectivity index (χ4n) is 2.38. The highest BCUT2D eigenvalue weighted by atomic mass is 32.1. The van der Waals surface area contributed by atoms with Crippen molar-refractivity contribution in [3.63, 3.8) is 0 Å². The lowest BCUT2D eigenvalue weighted by molar-refractivity contribution is 0.112. The molecule has 0 spiro atoms. The third kappa shape index (κ3) is 3.70. The summed E-state index contributed by atoms with van der Waals surface area (Å²) in [5.41, 5.74) is 5.68. The van der Waals surface area contributed by atoms with Crippen LogP contribution < -0.4 is 5.73 Å². The Kier molecular flexibility index (Phi) is 5.50. The second kappa shape index (κ2) is 6.40. The van der Waals surface area contributed by atoms with Gasteiger partial charge in [-0.25, -0.2) is 0 Å². The van der Waals surface area contributed by atoms with Crippen LogP contribution in [0.15, 0.2) is 0 Å². The molecule has 1 saturated carbocycles. The van der Waals surface area contributed by atoms with Crippen molar-refractivity contribution in [1.29, 1.82) is 0 Å². The number of hydrogen-bond acceptors (Lipinski definition) is 3. The van der Waals surface area contributed by atoms with E-state index in [1.54, 1.807) is 0 Å². The summed E-state index contributed by atoms with van der Waals surface area (Å²) in [6.07, 6.45) is 6.35. The molecule has 1 rings (SSSR count). The molecule has 0 heterocycles. The average Bonchev–Trinajstić information content (AvgIpc) is 2.26. The summed E-state index contributed by atoms with van der Waals surface area (Å²) in [6.45, 7) is 2.90. The molecule has 1 unspecified atom stereocenters. The number of aliphatic hydroxyl groups is 1. The monoisotopic (exact) mass is 230 g/mol. The van der Waals surface area contributed by atoms with E-state index in [1.807, 2.05) is 6.92 Å². The molecule has 3 N–H and O–H groups in total. The normalized spacial score (nSPS) is 20.5. The third-order valence-electron chi connectivity index (χ3n) is 3.31. The quantitative estimate of drug-likeness (QED) is 0.699. The Morgan fingerprint density at radius 2 is 2.07 bits per heavy atom. The lowest BCUT2D eigenvalue weighted by Gasteiger charge is -2.37. The molecule has 0 aromatic rings. The molecule has 0 saturated heterocycles. The second-order valence-corrected chi connectivity index (χ2v) is 4.80. The molecular formula is C11H22N2OS. The topological polar surface area (TPSA) is 49.5 Å². The van der Waals surface area contributed by atoms with Crippen LogP contribution in [0.3, 0.4) is 0 Å². The molecule has 3 nitrogen and oxygen atoms in total. The summed E-state index contributed by atoms with van der Waals surface area (Å²) in [6, 6.07) is 0.664. The van der Waals surface area contributed by atoms with Crippen molar-refractivity contribution in [1.82, 2.24) is 4.90 Å². The predicted octanol–water partition coefficient (Wildman–Crippen LogP) is 1.29. The highest BCUT2D eigenvalue weighted by molar-refractivity contribution is 7.80. The molecule has 4 heteroatoms. The summed E-state index contributed by atoms with van der Waals surface area (Å²) in [7, 11) is 0. The Morgan fingerprint density at radius 3 is 2.53 bits per heavy atom. The zero-order valence-electron chi connectivity index (χ0n) is 9.48. The van der Waals surface area contributed by atoms with Crippen molar-refractivity contribution in [2.75, 3.05) is 13.2 Å². The van der Waals surface area contributed by atoms with Gasteiger partial charge in [-0.3, -0.25) is 4.90 Å². The van der Waals surface area contributed by atoms with Crippen molar-refractivity contribution >= 4 is 17.2 Å². The van der Waals surface area contributed by atoms with Crippen LogP contribution in [-0.2, 0) is 0 Å². The lowest BCUT2D eigenvalue weighted by atomic mass is 9.93. The summed E-state index contributed by atoms with van der Waals surface area (Å²) in [5.74, 6) is 0. The van der Waals surface area contributed by atoms with Gasteiger partial charge in [0.25, 0.3) is 0 Å². The Labute approximate surface area is 97.6 Å². The lowest BCUT2D eigenvalue weighted by Crippen LogP contribution is -2.49. The van der Waals surface area contributed by atoms with Crippen molar-refractivity contribution in [3.8, 4) is 0 Å². The predicted molar refractivity (Wildman–Crippen MR) is 66.9 cm³/mol. The minimum absolute atomic E-state index is 0.107. The van der Waals surface area contributed by atoms with Gasteiger partial charge in [-0.15, -0.1) is 0 Å². The van der Waals surface area contributed by atoms with Gasteiger partial charge in [0, 0.05) is 12.6 Å². The van der Waals surface area contributed by atoms with Crippen LogP contribution in [0.25, 0.3) is 0 Å². The maximum Gasteiger partial charge on any atom is 0.0899 e. The largest absolute Gasteiger partial charge is 0.395 e. The maximum absolute atomic E-state index is 9.07. The number of aliphatic hydroxyl groups excluding tert-OH is 1. The van der Waals surface area contributed by atoms with Gasteiger partial charge in [0.2, 0.25) is 0 Å². The van der Waals surface area contributed by atoms with Crippen LogP contribution in [0, 0.1) is 0 Å². The number of hydrogen-bond donors (Lipinski definition) is 2. The van der Waals surface area contributed by atoms with E-state index in [1.165, 1.54) is 32.1 Å². The molecule has 1 fully saturated rings. The van der Waals surface area contributed by atoms with E-state index >= 15 is 0 Å². The van der Waals surface area contributed by atoms with E-state index in [-0.39, 0.29) is 12.6 Å². The zero-order valence-corrected chi connectivity index (χ0v) is 10.3. The molecular weight excluding hydrogens is 208 g/mol. The fraction of sp³-hybridized carbons (Fsp3) is 0.909. The second-order valence-electron chi connectivity index (χ2n) is 4.33. The van der Waals surface area contributed by atoms with Crippen LogP contribution in [0.1, 0.15) is 39.0 Å². The first-order valence-electron chi connectivity index (χ1n) is 5.82. The van der Waals surface area contributed by atoms with Gasteiger partial charge in [0.15, 0.2) is 0 Å². The smallest absolute Gasteiger partial charge is 0.0899 e. The summed E-state index contributed by atoms with van der Waals surface area (Å²) in [4.78, 5) is 2.80. The fourth-order valence-corrected chi connectivity index (χ4v) is 2.52. The Balaban J connectivity index is 2.58. The molecule has 0 bridgehead atoms. The van der Waals surface area contributed by atoms with Crippen molar-refractivity contribution in [2.24, 2.45) is 5.73 Å². The van der Waals surface area contributed by atoms with Gasteiger partial charge in [0.1, 0.15) is 0 Å². The van der Waals surface area contributed by atoms with Gasteiger partial charge in [-0.2, -0.15) is 0 Å². The highest BCUT2D eigenvalue weighted by Gasteiger charge is 2.25. The minimum atomic E-state index is 0.107. The summed E-state index contributed by atoms with van der Waals surface area (Å²) < 4.78 is 0. The van der Waals surface area contributed by atoms with E-state index in [0.29, 0.717) is 17.6 Å². The van der Waals surface area contributed by atoms with E-state index in [0.717, 1.165) is 0 Å². The summed E-state index contributed by atoms with van der Waals surface area (Å²) >= 11 is 5.03.